The van der Waals surface area contributed by atoms with E-state index >= 15 is 0 Å². The standard InChI is InChI=1S/C9H10N2O2/c1-13-9-2-7-6(5-12)3-10-8(7)4-11-9/h2,4-6,10H,3H2,1H3. The third-order valence-electron chi connectivity index (χ3n) is 2.20. The molecule has 0 fully saturated rings. The van der Waals surface area contributed by atoms with Crippen molar-refractivity contribution in [3.05, 3.63) is 17.8 Å². The molecule has 2 heterocycles. The van der Waals surface area contributed by atoms with Crippen LogP contribution in [0.25, 0.3) is 0 Å². The summed E-state index contributed by atoms with van der Waals surface area (Å²) in [5.74, 6) is 0.487. The number of nitrogens with one attached hydrogen (secondary N) is 1. The summed E-state index contributed by atoms with van der Waals surface area (Å²) < 4.78 is 4.98. The van der Waals surface area contributed by atoms with Gasteiger partial charge < -0.3 is 14.8 Å². The Balaban J connectivity index is 2.42. The molecule has 1 aliphatic rings. The minimum absolute atomic E-state index is 0.0631. The lowest BCUT2D eigenvalue weighted by Gasteiger charge is -2.03. The fourth-order valence-corrected chi connectivity index (χ4v) is 1.47. The van der Waals surface area contributed by atoms with Gasteiger partial charge >= 0.3 is 0 Å². The first-order valence-electron chi connectivity index (χ1n) is 4.08. The number of aldehydes is 1. The van der Waals surface area contributed by atoms with Crippen LogP contribution in [0.4, 0.5) is 5.69 Å². The topological polar surface area (TPSA) is 51.2 Å². The van der Waals surface area contributed by atoms with Gasteiger partial charge in [-0.05, 0) is 5.56 Å². The van der Waals surface area contributed by atoms with Gasteiger partial charge in [-0.25, -0.2) is 4.98 Å². The molecule has 1 aliphatic heterocycles. The summed E-state index contributed by atoms with van der Waals surface area (Å²) >= 11 is 0. The summed E-state index contributed by atoms with van der Waals surface area (Å²) in [6.45, 7) is 0.660. The molecular weight excluding hydrogens is 168 g/mol. The van der Waals surface area contributed by atoms with Crippen LogP contribution in [0.3, 0.4) is 0 Å². The van der Waals surface area contributed by atoms with Crippen molar-refractivity contribution in [2.75, 3.05) is 19.0 Å². The van der Waals surface area contributed by atoms with Crippen LogP contribution in [0, 0.1) is 0 Å². The van der Waals surface area contributed by atoms with Crippen LogP contribution in [0.15, 0.2) is 12.3 Å². The second kappa shape index (κ2) is 3.05. The third-order valence-corrected chi connectivity index (χ3v) is 2.20. The molecule has 0 aliphatic carbocycles. The SMILES string of the molecule is COc1cc2c(cn1)NCC2C=O. The molecule has 0 saturated heterocycles. The van der Waals surface area contributed by atoms with Crippen LogP contribution >= 0.6 is 0 Å². The Bertz CT molecular complexity index is 338. The maximum absolute atomic E-state index is 10.7. The Kier molecular flexibility index (Phi) is 1.88. The molecule has 4 nitrogen and oxygen atoms in total. The molecular formula is C9H10N2O2. The van der Waals surface area contributed by atoms with E-state index in [-0.39, 0.29) is 5.92 Å². The lowest BCUT2D eigenvalue weighted by molar-refractivity contribution is -0.108. The van der Waals surface area contributed by atoms with E-state index in [9.17, 15) is 4.79 Å². The first kappa shape index (κ1) is 8.04. The molecule has 13 heavy (non-hydrogen) atoms. The predicted octanol–water partition coefficient (Wildman–Crippen LogP) is 0.798. The number of hydrogen-bond donors (Lipinski definition) is 1. The number of carbonyl (C=O) groups excluding carboxylic acids is 1. The van der Waals surface area contributed by atoms with Crippen LogP contribution < -0.4 is 10.1 Å². The van der Waals surface area contributed by atoms with Gasteiger partial charge in [-0.3, -0.25) is 0 Å². The highest BCUT2D eigenvalue weighted by Crippen LogP contribution is 2.31. The maximum Gasteiger partial charge on any atom is 0.213 e. The fraction of sp³-hybridized carbons (Fsp3) is 0.333. The number of methoxy groups -OCH3 is 1. The smallest absolute Gasteiger partial charge is 0.213 e. The van der Waals surface area contributed by atoms with Gasteiger partial charge in [0.2, 0.25) is 5.88 Å². The second-order valence-corrected chi connectivity index (χ2v) is 2.94. The summed E-state index contributed by atoms with van der Waals surface area (Å²) in [6.07, 6.45) is 2.63. The van der Waals surface area contributed by atoms with E-state index in [0.717, 1.165) is 17.5 Å². The lowest BCUT2D eigenvalue weighted by Crippen LogP contribution is -2.02. The average Bonchev–Trinajstić information content (AvgIpc) is 2.59. The van der Waals surface area contributed by atoms with Gasteiger partial charge in [0.15, 0.2) is 0 Å². The highest BCUT2D eigenvalue weighted by Gasteiger charge is 2.22. The number of fused-ring (bicyclic) bond motifs is 1. The number of aromatic nitrogens is 1. The number of nitrogens with zero attached hydrogens (tertiary/aromatic N) is 1. The zero-order chi connectivity index (χ0) is 9.26. The molecule has 68 valence electrons. The van der Waals surface area contributed by atoms with E-state index in [1.54, 1.807) is 19.4 Å². The predicted molar refractivity (Wildman–Crippen MR) is 48.1 cm³/mol. The number of hydrogen-bond acceptors (Lipinski definition) is 4. The molecule has 1 aromatic heterocycles. The van der Waals surface area contributed by atoms with Crippen LogP contribution in [0.1, 0.15) is 11.5 Å². The Labute approximate surface area is 75.9 Å². The van der Waals surface area contributed by atoms with Gasteiger partial charge in [0.1, 0.15) is 6.29 Å². The van der Waals surface area contributed by atoms with E-state index in [2.05, 4.69) is 10.3 Å². The molecule has 0 radical (unpaired) electrons. The van der Waals surface area contributed by atoms with Gasteiger partial charge in [0, 0.05) is 12.6 Å². The first-order chi connectivity index (χ1) is 6.35. The summed E-state index contributed by atoms with van der Waals surface area (Å²) in [4.78, 5) is 14.7. The largest absolute Gasteiger partial charge is 0.481 e. The molecule has 0 bridgehead atoms. The van der Waals surface area contributed by atoms with Crippen molar-refractivity contribution in [1.82, 2.24) is 4.98 Å². The molecule has 1 N–H and O–H groups in total. The molecule has 0 aromatic carbocycles. The molecule has 2 rings (SSSR count). The molecule has 0 amide bonds. The van der Waals surface area contributed by atoms with E-state index < -0.39 is 0 Å². The number of pyridine rings is 1. The van der Waals surface area contributed by atoms with Crippen LogP contribution in [-0.2, 0) is 4.79 Å². The van der Waals surface area contributed by atoms with Gasteiger partial charge in [0.25, 0.3) is 0 Å². The van der Waals surface area contributed by atoms with Crippen molar-refractivity contribution in [3.8, 4) is 5.88 Å². The lowest BCUT2D eigenvalue weighted by atomic mass is 10.1. The van der Waals surface area contributed by atoms with E-state index in [1.165, 1.54) is 0 Å². The molecule has 1 atom stereocenters. The van der Waals surface area contributed by atoms with Crippen LogP contribution in [0.5, 0.6) is 5.88 Å². The van der Waals surface area contributed by atoms with Crippen LogP contribution in [0.2, 0.25) is 0 Å². The normalized spacial score (nSPS) is 19.0. The summed E-state index contributed by atoms with van der Waals surface area (Å²) in [5.41, 5.74) is 1.90. The Hall–Kier alpha value is -1.58. The van der Waals surface area contributed by atoms with Crippen molar-refractivity contribution < 1.29 is 9.53 Å². The van der Waals surface area contributed by atoms with Crippen molar-refractivity contribution in [1.29, 1.82) is 0 Å². The zero-order valence-corrected chi connectivity index (χ0v) is 7.28. The molecule has 0 saturated carbocycles. The first-order valence-corrected chi connectivity index (χ1v) is 4.08. The minimum Gasteiger partial charge on any atom is -0.481 e. The Morgan fingerprint density at radius 2 is 2.62 bits per heavy atom. The highest BCUT2D eigenvalue weighted by molar-refractivity contribution is 5.73. The number of carbonyl (C=O) groups is 1. The van der Waals surface area contributed by atoms with Crippen LogP contribution in [-0.4, -0.2) is 24.9 Å². The average molecular weight is 178 g/mol. The van der Waals surface area contributed by atoms with E-state index in [0.29, 0.717) is 12.4 Å². The second-order valence-electron chi connectivity index (χ2n) is 2.94. The Morgan fingerprint density at radius 1 is 1.77 bits per heavy atom. The maximum atomic E-state index is 10.7. The fourth-order valence-electron chi connectivity index (χ4n) is 1.47. The molecule has 1 aromatic rings. The van der Waals surface area contributed by atoms with E-state index in [4.69, 9.17) is 4.74 Å². The number of anilines is 1. The van der Waals surface area contributed by atoms with E-state index in [1.807, 2.05) is 0 Å². The summed E-state index contributed by atoms with van der Waals surface area (Å²) in [5, 5.41) is 3.10. The summed E-state index contributed by atoms with van der Waals surface area (Å²) in [7, 11) is 1.56. The van der Waals surface area contributed by atoms with Crippen molar-refractivity contribution in [3.63, 3.8) is 0 Å². The quantitative estimate of drug-likeness (QED) is 0.680. The zero-order valence-electron chi connectivity index (χ0n) is 7.28. The highest BCUT2D eigenvalue weighted by atomic mass is 16.5. The minimum atomic E-state index is -0.0631. The molecule has 0 spiro atoms. The number of rotatable bonds is 2. The number of ether oxygens (including phenoxy) is 1. The molecule has 4 heteroatoms. The Morgan fingerprint density at radius 3 is 3.31 bits per heavy atom. The van der Waals surface area contributed by atoms with Gasteiger partial charge in [-0.2, -0.15) is 0 Å². The van der Waals surface area contributed by atoms with Gasteiger partial charge in [0.05, 0.1) is 24.9 Å². The van der Waals surface area contributed by atoms with Gasteiger partial charge in [-0.1, -0.05) is 0 Å². The molecule has 1 unspecified atom stereocenters. The summed E-state index contributed by atoms with van der Waals surface area (Å²) in [6, 6.07) is 1.80. The third kappa shape index (κ3) is 1.24. The monoisotopic (exact) mass is 178 g/mol. The van der Waals surface area contributed by atoms with Gasteiger partial charge in [-0.15, -0.1) is 0 Å². The van der Waals surface area contributed by atoms with Crippen molar-refractivity contribution >= 4 is 12.0 Å². The van der Waals surface area contributed by atoms with Crippen molar-refractivity contribution in [2.24, 2.45) is 0 Å². The van der Waals surface area contributed by atoms with Crippen molar-refractivity contribution in [2.45, 2.75) is 5.92 Å².